The van der Waals surface area contributed by atoms with Crippen LogP contribution in [0.5, 0.6) is 11.5 Å². The first-order valence-electron chi connectivity index (χ1n) is 7.46. The van der Waals surface area contributed by atoms with Gasteiger partial charge in [0.1, 0.15) is 11.9 Å². The highest BCUT2D eigenvalue weighted by atomic mass is 19.1. The third-order valence-corrected chi connectivity index (χ3v) is 3.36. The first kappa shape index (κ1) is 18.0. The van der Waals surface area contributed by atoms with E-state index in [-0.39, 0.29) is 12.5 Å². The summed E-state index contributed by atoms with van der Waals surface area (Å²) in [5.74, 6) is 0.111. The van der Waals surface area contributed by atoms with Crippen LogP contribution in [-0.4, -0.2) is 19.6 Å². The summed E-state index contributed by atoms with van der Waals surface area (Å²) in [6.07, 6.45) is 2.94. The van der Waals surface area contributed by atoms with Crippen LogP contribution >= 0.6 is 0 Å². The van der Waals surface area contributed by atoms with Crippen LogP contribution in [0.4, 0.5) is 10.1 Å². The van der Waals surface area contributed by atoms with Crippen LogP contribution in [0.2, 0.25) is 0 Å². The number of amides is 1. The number of ether oxygens (including phenoxy) is 2. The predicted molar refractivity (Wildman–Crippen MR) is 92.9 cm³/mol. The Balaban J connectivity index is 2.09. The average molecular weight is 340 g/mol. The molecule has 0 bridgehead atoms. The van der Waals surface area contributed by atoms with E-state index in [1.807, 2.05) is 6.07 Å². The highest BCUT2D eigenvalue weighted by molar-refractivity contribution is 6.02. The van der Waals surface area contributed by atoms with Crippen molar-refractivity contribution in [3.05, 3.63) is 59.4 Å². The minimum Gasteiger partial charge on any atom is -0.493 e. The molecular formula is C19H17FN2O3. The number of halogens is 1. The minimum absolute atomic E-state index is 0.0824. The van der Waals surface area contributed by atoms with Crippen molar-refractivity contribution in [3.8, 4) is 17.6 Å². The molecule has 25 heavy (non-hydrogen) atoms. The Morgan fingerprint density at radius 2 is 2.08 bits per heavy atom. The van der Waals surface area contributed by atoms with Gasteiger partial charge in [-0.2, -0.15) is 5.26 Å². The summed E-state index contributed by atoms with van der Waals surface area (Å²) in [7, 11) is 1.49. The number of hydrogen-bond donors (Lipinski definition) is 1. The smallest absolute Gasteiger partial charge is 0.248 e. The zero-order chi connectivity index (χ0) is 18.2. The zero-order valence-electron chi connectivity index (χ0n) is 13.9. The molecule has 0 aliphatic carbocycles. The van der Waals surface area contributed by atoms with E-state index in [1.165, 1.54) is 25.3 Å². The van der Waals surface area contributed by atoms with Gasteiger partial charge in [-0.05, 0) is 48.4 Å². The molecule has 0 aliphatic rings. The van der Waals surface area contributed by atoms with Gasteiger partial charge in [-0.15, -0.1) is 0 Å². The van der Waals surface area contributed by atoms with Gasteiger partial charge in [0.25, 0.3) is 0 Å². The van der Waals surface area contributed by atoms with E-state index in [1.54, 1.807) is 37.3 Å². The van der Waals surface area contributed by atoms with Gasteiger partial charge >= 0.3 is 0 Å². The summed E-state index contributed by atoms with van der Waals surface area (Å²) in [6.45, 7) is 1.70. The van der Waals surface area contributed by atoms with Crippen LogP contribution in [0.3, 0.4) is 0 Å². The number of nitriles is 1. The monoisotopic (exact) mass is 340 g/mol. The van der Waals surface area contributed by atoms with Crippen molar-refractivity contribution >= 4 is 17.7 Å². The molecule has 5 nitrogen and oxygen atoms in total. The van der Waals surface area contributed by atoms with Crippen molar-refractivity contribution in [2.24, 2.45) is 0 Å². The van der Waals surface area contributed by atoms with Gasteiger partial charge < -0.3 is 14.8 Å². The largest absolute Gasteiger partial charge is 0.493 e. The summed E-state index contributed by atoms with van der Waals surface area (Å²) in [5, 5.41) is 11.2. The molecule has 0 saturated carbocycles. The lowest BCUT2D eigenvalue weighted by Gasteiger charge is -2.09. The molecule has 0 radical (unpaired) electrons. The highest BCUT2D eigenvalue weighted by Gasteiger charge is 2.06. The number of aryl methyl sites for hydroxylation is 1. The molecule has 0 saturated heterocycles. The molecule has 2 aromatic rings. The Morgan fingerprint density at radius 1 is 1.28 bits per heavy atom. The number of nitrogens with one attached hydrogen (secondary N) is 1. The lowest BCUT2D eigenvalue weighted by molar-refractivity contribution is -0.111. The summed E-state index contributed by atoms with van der Waals surface area (Å²) >= 11 is 0. The van der Waals surface area contributed by atoms with Crippen LogP contribution in [0.1, 0.15) is 11.1 Å². The van der Waals surface area contributed by atoms with E-state index < -0.39 is 5.82 Å². The first-order valence-corrected chi connectivity index (χ1v) is 7.46. The number of carbonyl (C=O) groups is 1. The van der Waals surface area contributed by atoms with Crippen molar-refractivity contribution in [1.29, 1.82) is 5.26 Å². The van der Waals surface area contributed by atoms with Gasteiger partial charge in [-0.1, -0.05) is 12.1 Å². The molecule has 2 aromatic carbocycles. The lowest BCUT2D eigenvalue weighted by Crippen LogP contribution is -2.09. The Kier molecular flexibility index (Phi) is 6.13. The number of nitrogens with zero attached hydrogens (tertiary/aromatic N) is 1. The average Bonchev–Trinajstić information content (AvgIpc) is 2.61. The SMILES string of the molecule is COc1cc(/C=C/C(=O)Nc2cc(F)ccc2C)ccc1OCC#N. The molecule has 0 unspecified atom stereocenters. The molecule has 0 aliphatic heterocycles. The van der Waals surface area contributed by atoms with Gasteiger partial charge in [-0.25, -0.2) is 4.39 Å². The van der Waals surface area contributed by atoms with Crippen LogP contribution in [0.25, 0.3) is 6.08 Å². The molecule has 6 heteroatoms. The van der Waals surface area contributed by atoms with Crippen LogP contribution < -0.4 is 14.8 Å². The van der Waals surface area contributed by atoms with E-state index >= 15 is 0 Å². The zero-order valence-corrected chi connectivity index (χ0v) is 13.9. The van der Waals surface area contributed by atoms with Gasteiger partial charge in [0.05, 0.1) is 7.11 Å². The maximum atomic E-state index is 13.2. The topological polar surface area (TPSA) is 71.3 Å². The standard InChI is InChI=1S/C19H17FN2O3/c1-13-3-6-15(20)12-16(13)22-19(23)8-5-14-4-7-17(25-10-9-21)18(11-14)24-2/h3-8,11-12H,10H2,1-2H3,(H,22,23)/b8-5+. The Labute approximate surface area is 145 Å². The van der Waals surface area contributed by atoms with Crippen LogP contribution in [0, 0.1) is 24.1 Å². The highest BCUT2D eigenvalue weighted by Crippen LogP contribution is 2.28. The van der Waals surface area contributed by atoms with E-state index in [4.69, 9.17) is 14.7 Å². The number of anilines is 1. The van der Waals surface area contributed by atoms with Crippen LogP contribution in [0.15, 0.2) is 42.5 Å². The summed E-state index contributed by atoms with van der Waals surface area (Å²) < 4.78 is 23.7. The van der Waals surface area contributed by atoms with Crippen LogP contribution in [-0.2, 0) is 4.79 Å². The number of benzene rings is 2. The van der Waals surface area contributed by atoms with Gasteiger partial charge in [0, 0.05) is 11.8 Å². The summed E-state index contributed by atoms with van der Waals surface area (Å²) in [6, 6.07) is 11.2. The molecule has 0 fully saturated rings. The Hall–Kier alpha value is -3.33. The van der Waals surface area contributed by atoms with Crippen molar-refractivity contribution in [2.75, 3.05) is 19.0 Å². The molecule has 0 heterocycles. The Bertz CT molecular complexity index is 841. The predicted octanol–water partition coefficient (Wildman–Crippen LogP) is 3.70. The molecule has 2 rings (SSSR count). The first-order chi connectivity index (χ1) is 12.0. The fraction of sp³-hybridized carbons (Fsp3) is 0.158. The van der Waals surface area contributed by atoms with Crippen molar-refractivity contribution in [1.82, 2.24) is 0 Å². The van der Waals surface area contributed by atoms with Crippen molar-refractivity contribution < 1.29 is 18.7 Å². The molecule has 0 aromatic heterocycles. The second kappa shape index (κ2) is 8.50. The normalized spacial score (nSPS) is 10.3. The van der Waals surface area contributed by atoms with Gasteiger partial charge in [0.2, 0.25) is 5.91 Å². The molecule has 0 atom stereocenters. The second-order valence-corrected chi connectivity index (χ2v) is 5.14. The second-order valence-electron chi connectivity index (χ2n) is 5.14. The van der Waals surface area contributed by atoms with Gasteiger partial charge in [-0.3, -0.25) is 4.79 Å². The number of rotatable bonds is 6. The van der Waals surface area contributed by atoms with Crippen molar-refractivity contribution in [3.63, 3.8) is 0 Å². The molecule has 0 spiro atoms. The maximum Gasteiger partial charge on any atom is 0.248 e. The third-order valence-electron chi connectivity index (χ3n) is 3.36. The Morgan fingerprint density at radius 3 is 2.80 bits per heavy atom. The number of hydrogen-bond acceptors (Lipinski definition) is 4. The number of carbonyl (C=O) groups excluding carboxylic acids is 1. The summed E-state index contributed by atoms with van der Waals surface area (Å²) in [4.78, 5) is 12.0. The molecule has 1 N–H and O–H groups in total. The molecular weight excluding hydrogens is 323 g/mol. The third kappa shape index (κ3) is 5.08. The summed E-state index contributed by atoms with van der Waals surface area (Å²) in [5.41, 5.74) is 1.91. The van der Waals surface area contributed by atoms with E-state index in [0.717, 1.165) is 5.56 Å². The maximum absolute atomic E-state index is 13.2. The minimum atomic E-state index is -0.414. The lowest BCUT2D eigenvalue weighted by atomic mass is 10.1. The van der Waals surface area contributed by atoms with Crippen molar-refractivity contribution in [2.45, 2.75) is 6.92 Å². The van der Waals surface area contributed by atoms with Gasteiger partial charge in [0.15, 0.2) is 18.1 Å². The number of methoxy groups -OCH3 is 1. The molecule has 1 amide bonds. The van der Waals surface area contributed by atoms with E-state index in [2.05, 4.69) is 5.32 Å². The van der Waals surface area contributed by atoms with E-state index in [9.17, 15) is 9.18 Å². The molecule has 128 valence electrons. The van der Waals surface area contributed by atoms with E-state index in [0.29, 0.717) is 22.7 Å². The fourth-order valence-electron chi connectivity index (χ4n) is 2.09. The quantitative estimate of drug-likeness (QED) is 0.814. The fourth-order valence-corrected chi connectivity index (χ4v) is 2.09.